The Kier molecular flexibility index (Phi) is 5.59. The second kappa shape index (κ2) is 7.21. The molecular formula is C16H16Cl3N. The summed E-state index contributed by atoms with van der Waals surface area (Å²) in [5, 5.41) is 4.88. The van der Waals surface area contributed by atoms with Gasteiger partial charge in [-0.3, -0.25) is 0 Å². The number of hydrogen-bond donors (Lipinski definition) is 1. The van der Waals surface area contributed by atoms with Crippen LogP contribution in [0, 0.1) is 0 Å². The molecule has 0 aromatic heterocycles. The van der Waals surface area contributed by atoms with E-state index in [2.05, 4.69) is 36.5 Å². The van der Waals surface area contributed by atoms with Crippen molar-refractivity contribution in [2.45, 2.75) is 19.3 Å². The average molecular weight is 329 g/mol. The first-order chi connectivity index (χ1) is 9.58. The zero-order chi connectivity index (χ0) is 14.5. The maximum Gasteiger partial charge on any atom is 0.0653 e. The zero-order valence-corrected chi connectivity index (χ0v) is 13.4. The highest BCUT2D eigenvalue weighted by atomic mass is 35.5. The summed E-state index contributed by atoms with van der Waals surface area (Å²) >= 11 is 18.0. The summed E-state index contributed by atoms with van der Waals surface area (Å²) in [4.78, 5) is 0. The van der Waals surface area contributed by atoms with Gasteiger partial charge in [-0.1, -0.05) is 72.1 Å². The van der Waals surface area contributed by atoms with E-state index in [1.807, 2.05) is 6.07 Å². The Morgan fingerprint density at radius 2 is 1.60 bits per heavy atom. The maximum atomic E-state index is 6.13. The number of rotatable bonds is 5. The van der Waals surface area contributed by atoms with E-state index in [4.69, 9.17) is 34.8 Å². The van der Waals surface area contributed by atoms with Gasteiger partial charge >= 0.3 is 0 Å². The smallest absolute Gasteiger partial charge is 0.0653 e. The maximum absolute atomic E-state index is 6.13. The third kappa shape index (κ3) is 4.05. The van der Waals surface area contributed by atoms with Crippen LogP contribution in [0.5, 0.6) is 0 Å². The summed E-state index contributed by atoms with van der Waals surface area (Å²) < 4.78 is 0. The standard InChI is InChI=1S/C16H16Cl3N/c1-11(12-5-3-2-4-6-12)7-8-20-16-10-14(18)13(17)9-15(16)19/h2-6,9-11,20H,7-8H2,1H3. The fourth-order valence-corrected chi connectivity index (χ4v) is 2.64. The number of benzene rings is 2. The molecule has 2 rings (SSSR count). The highest BCUT2D eigenvalue weighted by Crippen LogP contribution is 2.32. The van der Waals surface area contributed by atoms with Gasteiger partial charge in [0, 0.05) is 6.54 Å². The van der Waals surface area contributed by atoms with E-state index in [0.29, 0.717) is 21.0 Å². The molecule has 0 radical (unpaired) electrons. The molecule has 0 aliphatic rings. The minimum atomic E-state index is 0.472. The van der Waals surface area contributed by atoms with Crippen molar-refractivity contribution in [3.63, 3.8) is 0 Å². The fraction of sp³-hybridized carbons (Fsp3) is 0.250. The van der Waals surface area contributed by atoms with Gasteiger partial charge < -0.3 is 5.32 Å². The summed E-state index contributed by atoms with van der Waals surface area (Å²) in [5.41, 5.74) is 2.16. The van der Waals surface area contributed by atoms with Crippen LogP contribution in [-0.4, -0.2) is 6.54 Å². The van der Waals surface area contributed by atoms with E-state index < -0.39 is 0 Å². The quantitative estimate of drug-likeness (QED) is 0.639. The Bertz CT molecular complexity index is 569. The van der Waals surface area contributed by atoms with Crippen LogP contribution >= 0.6 is 34.8 Å². The molecule has 2 aromatic rings. The van der Waals surface area contributed by atoms with Crippen LogP contribution in [0.25, 0.3) is 0 Å². The van der Waals surface area contributed by atoms with Crippen molar-refractivity contribution in [3.05, 3.63) is 63.1 Å². The van der Waals surface area contributed by atoms with Gasteiger partial charge in [0.2, 0.25) is 0 Å². The lowest BCUT2D eigenvalue weighted by Gasteiger charge is -2.14. The highest BCUT2D eigenvalue weighted by molar-refractivity contribution is 6.44. The highest BCUT2D eigenvalue weighted by Gasteiger charge is 2.07. The third-order valence-corrected chi connectivity index (χ3v) is 4.31. The summed E-state index contributed by atoms with van der Waals surface area (Å²) in [5.74, 6) is 0.491. The zero-order valence-electron chi connectivity index (χ0n) is 11.2. The normalized spacial score (nSPS) is 12.2. The van der Waals surface area contributed by atoms with Gasteiger partial charge in [-0.05, 0) is 30.0 Å². The Hall–Kier alpha value is -0.890. The lowest BCUT2D eigenvalue weighted by atomic mass is 9.98. The predicted octanol–water partition coefficient (Wildman–Crippen LogP) is 6.25. The fourth-order valence-electron chi connectivity index (χ4n) is 2.03. The van der Waals surface area contributed by atoms with Crippen LogP contribution in [-0.2, 0) is 0 Å². The minimum Gasteiger partial charge on any atom is -0.384 e. The summed E-state index contributed by atoms with van der Waals surface area (Å²) in [6.07, 6.45) is 1.01. The number of halogens is 3. The SMILES string of the molecule is CC(CCNc1cc(Cl)c(Cl)cc1Cl)c1ccccc1. The van der Waals surface area contributed by atoms with Crippen LogP contribution in [0.1, 0.15) is 24.8 Å². The van der Waals surface area contributed by atoms with E-state index in [-0.39, 0.29) is 0 Å². The van der Waals surface area contributed by atoms with Crippen LogP contribution in [0.15, 0.2) is 42.5 Å². The van der Waals surface area contributed by atoms with Crippen LogP contribution in [0.3, 0.4) is 0 Å². The van der Waals surface area contributed by atoms with Gasteiger partial charge in [-0.15, -0.1) is 0 Å². The van der Waals surface area contributed by atoms with E-state index in [9.17, 15) is 0 Å². The lowest BCUT2D eigenvalue weighted by molar-refractivity contribution is 0.706. The summed E-state index contributed by atoms with van der Waals surface area (Å²) in [6.45, 7) is 3.04. The summed E-state index contributed by atoms with van der Waals surface area (Å²) in [7, 11) is 0. The van der Waals surface area contributed by atoms with Crippen LogP contribution in [0.2, 0.25) is 15.1 Å². The molecule has 0 fully saturated rings. The molecule has 1 nitrogen and oxygen atoms in total. The first-order valence-electron chi connectivity index (χ1n) is 6.51. The molecule has 0 spiro atoms. The van der Waals surface area contributed by atoms with Gasteiger partial charge in [-0.2, -0.15) is 0 Å². The molecule has 1 N–H and O–H groups in total. The average Bonchev–Trinajstić information content (AvgIpc) is 2.45. The molecule has 1 atom stereocenters. The molecule has 0 bridgehead atoms. The second-order valence-electron chi connectivity index (χ2n) is 4.77. The second-order valence-corrected chi connectivity index (χ2v) is 5.99. The minimum absolute atomic E-state index is 0.472. The van der Waals surface area contributed by atoms with Gasteiger partial charge in [0.05, 0.1) is 20.8 Å². The van der Waals surface area contributed by atoms with Crippen molar-refractivity contribution in [1.29, 1.82) is 0 Å². The topological polar surface area (TPSA) is 12.0 Å². The molecule has 0 heterocycles. The van der Waals surface area contributed by atoms with E-state index in [1.165, 1.54) is 5.56 Å². The Morgan fingerprint density at radius 1 is 0.950 bits per heavy atom. The molecule has 0 aliphatic heterocycles. The first-order valence-corrected chi connectivity index (χ1v) is 7.64. The molecule has 2 aromatic carbocycles. The predicted molar refractivity (Wildman–Crippen MR) is 89.4 cm³/mol. The molecule has 4 heteroatoms. The van der Waals surface area contributed by atoms with Gasteiger partial charge in [0.25, 0.3) is 0 Å². The van der Waals surface area contributed by atoms with Crippen molar-refractivity contribution < 1.29 is 0 Å². The molecule has 1 unspecified atom stereocenters. The third-order valence-electron chi connectivity index (χ3n) is 3.27. The van der Waals surface area contributed by atoms with Crippen LogP contribution < -0.4 is 5.32 Å². The molecule has 0 saturated heterocycles. The molecule has 0 saturated carbocycles. The largest absolute Gasteiger partial charge is 0.384 e. The number of anilines is 1. The summed E-state index contributed by atoms with van der Waals surface area (Å²) in [6, 6.07) is 13.9. The molecule has 0 amide bonds. The Labute approximate surface area is 134 Å². The van der Waals surface area contributed by atoms with Crippen molar-refractivity contribution in [1.82, 2.24) is 0 Å². The first kappa shape index (κ1) is 15.5. The van der Waals surface area contributed by atoms with Gasteiger partial charge in [0.1, 0.15) is 0 Å². The Balaban J connectivity index is 1.92. The van der Waals surface area contributed by atoms with E-state index in [1.54, 1.807) is 12.1 Å². The monoisotopic (exact) mass is 327 g/mol. The van der Waals surface area contributed by atoms with Crippen LogP contribution in [0.4, 0.5) is 5.69 Å². The molecule has 20 heavy (non-hydrogen) atoms. The molecular weight excluding hydrogens is 313 g/mol. The lowest BCUT2D eigenvalue weighted by Crippen LogP contribution is -2.06. The number of nitrogens with one attached hydrogen (secondary N) is 1. The van der Waals surface area contributed by atoms with Crippen molar-refractivity contribution >= 4 is 40.5 Å². The Morgan fingerprint density at radius 3 is 2.30 bits per heavy atom. The van der Waals surface area contributed by atoms with Gasteiger partial charge in [-0.25, -0.2) is 0 Å². The molecule has 106 valence electrons. The van der Waals surface area contributed by atoms with Gasteiger partial charge in [0.15, 0.2) is 0 Å². The van der Waals surface area contributed by atoms with Crippen molar-refractivity contribution in [2.75, 3.05) is 11.9 Å². The van der Waals surface area contributed by atoms with E-state index in [0.717, 1.165) is 18.7 Å². The van der Waals surface area contributed by atoms with E-state index >= 15 is 0 Å². The number of hydrogen-bond acceptors (Lipinski definition) is 1. The van der Waals surface area contributed by atoms with Crippen molar-refractivity contribution in [3.8, 4) is 0 Å². The molecule has 0 aliphatic carbocycles. The van der Waals surface area contributed by atoms with Crippen molar-refractivity contribution in [2.24, 2.45) is 0 Å².